The summed E-state index contributed by atoms with van der Waals surface area (Å²) in [4.78, 5) is 19.2. The van der Waals surface area contributed by atoms with Crippen molar-refractivity contribution in [1.29, 1.82) is 0 Å². The summed E-state index contributed by atoms with van der Waals surface area (Å²) in [7, 11) is 0. The number of carboxylic acid groups (broad SMARTS) is 1. The Bertz CT molecular complexity index is 602. The second-order valence-corrected chi connectivity index (χ2v) is 4.02. The number of aryl methyl sites for hydroxylation is 1. The number of carbonyl (C=O) groups is 1. The Labute approximate surface area is 108 Å². The van der Waals surface area contributed by atoms with Crippen LogP contribution in [0.1, 0.15) is 16.1 Å². The smallest absolute Gasteiger partial charge is 0.337 e. The average Bonchev–Trinajstić information content (AvgIpc) is 2.34. The maximum atomic E-state index is 11.0. The van der Waals surface area contributed by atoms with Crippen LogP contribution in [0.5, 0.6) is 0 Å². The number of halogens is 1. The van der Waals surface area contributed by atoms with Crippen LogP contribution in [0.4, 0.5) is 11.5 Å². The molecular formula is C12H10ClN3O2. The molecule has 18 heavy (non-hydrogen) atoms. The summed E-state index contributed by atoms with van der Waals surface area (Å²) in [6, 6.07) is 4.67. The van der Waals surface area contributed by atoms with E-state index in [1.54, 1.807) is 18.5 Å². The third-order valence-electron chi connectivity index (χ3n) is 2.34. The lowest BCUT2D eigenvalue weighted by molar-refractivity contribution is 0.0697. The van der Waals surface area contributed by atoms with E-state index >= 15 is 0 Å². The van der Waals surface area contributed by atoms with Crippen molar-refractivity contribution in [1.82, 2.24) is 9.97 Å². The molecule has 2 aromatic rings. The lowest BCUT2D eigenvalue weighted by atomic mass is 10.2. The van der Waals surface area contributed by atoms with Crippen LogP contribution in [0.25, 0.3) is 0 Å². The maximum absolute atomic E-state index is 11.0. The van der Waals surface area contributed by atoms with Crippen molar-refractivity contribution in [3.63, 3.8) is 0 Å². The molecule has 0 aliphatic rings. The zero-order chi connectivity index (χ0) is 13.1. The molecule has 0 bridgehead atoms. The summed E-state index contributed by atoms with van der Waals surface area (Å²) in [5, 5.41) is 12.2. The predicted molar refractivity (Wildman–Crippen MR) is 68.5 cm³/mol. The van der Waals surface area contributed by atoms with Gasteiger partial charge in [-0.15, -0.1) is 0 Å². The first-order valence-corrected chi connectivity index (χ1v) is 5.53. The molecule has 6 heteroatoms. The number of rotatable bonds is 3. The van der Waals surface area contributed by atoms with E-state index in [2.05, 4.69) is 15.3 Å². The number of benzene rings is 1. The maximum Gasteiger partial charge on any atom is 0.337 e. The third-order valence-corrected chi connectivity index (χ3v) is 2.67. The van der Waals surface area contributed by atoms with Crippen LogP contribution in [0, 0.1) is 6.92 Å². The summed E-state index contributed by atoms with van der Waals surface area (Å²) in [6.45, 7) is 1.81. The number of carboxylic acids is 1. The number of aromatic carboxylic acids is 1. The standard InChI is InChI=1S/C12H10ClN3O2/c1-7-11(15-5-4-14-7)16-8-2-3-10(13)9(6-8)12(17)18/h2-6H,1H3,(H,15,16)(H,17,18). The van der Waals surface area contributed by atoms with Gasteiger partial charge >= 0.3 is 5.97 Å². The van der Waals surface area contributed by atoms with Gasteiger partial charge in [-0.2, -0.15) is 0 Å². The van der Waals surface area contributed by atoms with E-state index in [-0.39, 0.29) is 10.6 Å². The zero-order valence-corrected chi connectivity index (χ0v) is 10.3. The highest BCUT2D eigenvalue weighted by atomic mass is 35.5. The molecule has 0 radical (unpaired) electrons. The van der Waals surface area contributed by atoms with Crippen LogP contribution < -0.4 is 5.32 Å². The average molecular weight is 264 g/mol. The fourth-order valence-electron chi connectivity index (χ4n) is 1.43. The van der Waals surface area contributed by atoms with Gasteiger partial charge in [0.05, 0.1) is 16.3 Å². The molecule has 0 unspecified atom stereocenters. The Morgan fingerprint density at radius 2 is 2.06 bits per heavy atom. The van der Waals surface area contributed by atoms with Gasteiger partial charge in [0.15, 0.2) is 5.82 Å². The molecule has 0 aliphatic heterocycles. The first kappa shape index (κ1) is 12.3. The number of nitrogens with zero attached hydrogens (tertiary/aromatic N) is 2. The Balaban J connectivity index is 2.33. The second-order valence-electron chi connectivity index (χ2n) is 3.62. The highest BCUT2D eigenvalue weighted by Gasteiger charge is 2.10. The Hall–Kier alpha value is -2.14. The summed E-state index contributed by atoms with van der Waals surface area (Å²) >= 11 is 5.79. The van der Waals surface area contributed by atoms with Crippen LogP contribution in [-0.2, 0) is 0 Å². The number of nitrogens with one attached hydrogen (secondary N) is 1. The van der Waals surface area contributed by atoms with E-state index in [1.165, 1.54) is 12.1 Å². The van der Waals surface area contributed by atoms with Crippen LogP contribution in [-0.4, -0.2) is 21.0 Å². The summed E-state index contributed by atoms with van der Waals surface area (Å²) < 4.78 is 0. The lowest BCUT2D eigenvalue weighted by Crippen LogP contribution is -2.01. The van der Waals surface area contributed by atoms with Gasteiger partial charge < -0.3 is 10.4 Å². The van der Waals surface area contributed by atoms with Crippen molar-refractivity contribution in [3.05, 3.63) is 46.9 Å². The largest absolute Gasteiger partial charge is 0.478 e. The monoisotopic (exact) mass is 263 g/mol. The minimum Gasteiger partial charge on any atom is -0.478 e. The zero-order valence-electron chi connectivity index (χ0n) is 9.51. The Kier molecular flexibility index (Phi) is 3.43. The quantitative estimate of drug-likeness (QED) is 0.891. The fourth-order valence-corrected chi connectivity index (χ4v) is 1.63. The van der Waals surface area contributed by atoms with E-state index in [1.807, 2.05) is 6.92 Å². The Morgan fingerprint density at radius 3 is 2.72 bits per heavy atom. The first-order valence-electron chi connectivity index (χ1n) is 5.15. The minimum atomic E-state index is -1.07. The highest BCUT2D eigenvalue weighted by Crippen LogP contribution is 2.23. The second kappa shape index (κ2) is 5.01. The number of aromatic nitrogens is 2. The van der Waals surface area contributed by atoms with Gasteiger partial charge in [0.25, 0.3) is 0 Å². The fraction of sp³-hybridized carbons (Fsp3) is 0.0833. The van der Waals surface area contributed by atoms with E-state index in [0.29, 0.717) is 11.5 Å². The molecule has 0 saturated carbocycles. The van der Waals surface area contributed by atoms with Gasteiger partial charge in [-0.25, -0.2) is 9.78 Å². The molecule has 0 aliphatic carbocycles. The van der Waals surface area contributed by atoms with Crippen molar-refractivity contribution in [3.8, 4) is 0 Å². The van der Waals surface area contributed by atoms with Gasteiger partial charge in [0.2, 0.25) is 0 Å². The lowest BCUT2D eigenvalue weighted by Gasteiger charge is -2.08. The molecule has 0 fully saturated rings. The van der Waals surface area contributed by atoms with Crippen molar-refractivity contribution in [2.24, 2.45) is 0 Å². The molecule has 0 saturated heterocycles. The molecule has 2 rings (SSSR count). The summed E-state index contributed by atoms with van der Waals surface area (Å²) in [6.07, 6.45) is 3.15. The van der Waals surface area contributed by atoms with Gasteiger partial charge in [-0.05, 0) is 25.1 Å². The van der Waals surface area contributed by atoms with Crippen LogP contribution in [0.3, 0.4) is 0 Å². The van der Waals surface area contributed by atoms with Gasteiger partial charge in [0, 0.05) is 18.1 Å². The van der Waals surface area contributed by atoms with Gasteiger partial charge in [-0.1, -0.05) is 11.6 Å². The van der Waals surface area contributed by atoms with Crippen molar-refractivity contribution < 1.29 is 9.90 Å². The molecule has 0 spiro atoms. The van der Waals surface area contributed by atoms with Crippen LogP contribution in [0.15, 0.2) is 30.6 Å². The van der Waals surface area contributed by atoms with Crippen molar-refractivity contribution in [2.75, 3.05) is 5.32 Å². The van der Waals surface area contributed by atoms with Gasteiger partial charge in [-0.3, -0.25) is 4.98 Å². The van der Waals surface area contributed by atoms with Crippen LogP contribution >= 0.6 is 11.6 Å². The van der Waals surface area contributed by atoms with Crippen LogP contribution in [0.2, 0.25) is 5.02 Å². The molecule has 1 aromatic carbocycles. The highest BCUT2D eigenvalue weighted by molar-refractivity contribution is 6.33. The van der Waals surface area contributed by atoms with Crippen molar-refractivity contribution in [2.45, 2.75) is 6.92 Å². The number of hydrogen-bond donors (Lipinski definition) is 2. The van der Waals surface area contributed by atoms with Gasteiger partial charge in [0.1, 0.15) is 0 Å². The summed E-state index contributed by atoms with van der Waals surface area (Å²) in [5.41, 5.74) is 1.37. The third kappa shape index (κ3) is 2.57. The number of anilines is 2. The Morgan fingerprint density at radius 1 is 1.33 bits per heavy atom. The van der Waals surface area contributed by atoms with E-state index in [4.69, 9.17) is 16.7 Å². The topological polar surface area (TPSA) is 75.1 Å². The molecule has 1 heterocycles. The normalized spacial score (nSPS) is 10.1. The van der Waals surface area contributed by atoms with Crippen molar-refractivity contribution >= 4 is 29.1 Å². The molecule has 5 nitrogen and oxygen atoms in total. The molecule has 2 N–H and O–H groups in total. The minimum absolute atomic E-state index is 0.0446. The van der Waals surface area contributed by atoms with E-state index in [9.17, 15) is 4.79 Å². The first-order chi connectivity index (χ1) is 8.58. The molecule has 92 valence electrons. The molecule has 0 atom stereocenters. The number of hydrogen-bond acceptors (Lipinski definition) is 4. The summed E-state index contributed by atoms with van der Waals surface area (Å²) in [5.74, 6) is -0.490. The molecule has 1 aromatic heterocycles. The SMILES string of the molecule is Cc1nccnc1Nc1ccc(Cl)c(C(=O)O)c1. The van der Waals surface area contributed by atoms with E-state index < -0.39 is 5.97 Å². The molecular weight excluding hydrogens is 254 g/mol. The van der Waals surface area contributed by atoms with E-state index in [0.717, 1.165) is 5.69 Å². The predicted octanol–water partition coefficient (Wildman–Crippen LogP) is 2.88. The molecule has 0 amide bonds.